The summed E-state index contributed by atoms with van der Waals surface area (Å²) in [5.74, 6) is 0. The summed E-state index contributed by atoms with van der Waals surface area (Å²) in [6.45, 7) is 2.12. The van der Waals surface area contributed by atoms with Gasteiger partial charge in [-0.25, -0.2) is 0 Å². The smallest absolute Gasteiger partial charge is 0.0346 e. The highest BCUT2D eigenvalue weighted by Crippen LogP contribution is 2.18. The highest BCUT2D eigenvalue weighted by molar-refractivity contribution is 5.85. The van der Waals surface area contributed by atoms with Gasteiger partial charge in [0.25, 0.3) is 0 Å². The van der Waals surface area contributed by atoms with Crippen LogP contribution in [0.1, 0.15) is 18.9 Å². The summed E-state index contributed by atoms with van der Waals surface area (Å²) < 4.78 is 0. The van der Waals surface area contributed by atoms with E-state index in [1.807, 2.05) is 12.4 Å². The molecule has 1 unspecified atom stereocenters. The van der Waals surface area contributed by atoms with Crippen molar-refractivity contribution in [1.82, 2.24) is 4.98 Å². The zero-order valence-corrected chi connectivity index (χ0v) is 10.2. The fraction of sp³-hybridized carbons (Fsp3) is 0.308. The first-order valence-electron chi connectivity index (χ1n) is 5.38. The number of hydrogen-bond donors (Lipinski definition) is 1. The predicted octanol–water partition coefficient (Wildman–Crippen LogP) is 2.94. The van der Waals surface area contributed by atoms with Gasteiger partial charge in [0.15, 0.2) is 0 Å². The van der Waals surface area contributed by atoms with E-state index in [4.69, 9.17) is 5.73 Å². The van der Waals surface area contributed by atoms with Crippen LogP contribution < -0.4 is 5.73 Å². The maximum Gasteiger partial charge on any atom is 0.0346 e. The monoisotopic (exact) mass is 236 g/mol. The van der Waals surface area contributed by atoms with E-state index in [1.54, 1.807) is 0 Å². The molecule has 0 amide bonds. The van der Waals surface area contributed by atoms with Crippen LogP contribution in [-0.2, 0) is 6.42 Å². The van der Waals surface area contributed by atoms with Crippen molar-refractivity contribution in [1.29, 1.82) is 0 Å². The fourth-order valence-corrected chi connectivity index (χ4v) is 1.79. The SMILES string of the molecule is CCC(N)Cc1cccc2cnccc12.Cl. The molecule has 0 bridgehead atoms. The van der Waals surface area contributed by atoms with Crippen LogP contribution in [0.3, 0.4) is 0 Å². The van der Waals surface area contributed by atoms with Crippen molar-refractivity contribution in [2.75, 3.05) is 0 Å². The maximum absolute atomic E-state index is 5.98. The number of nitrogens with two attached hydrogens (primary N) is 1. The van der Waals surface area contributed by atoms with Crippen molar-refractivity contribution in [2.24, 2.45) is 5.73 Å². The Balaban J connectivity index is 0.00000128. The molecule has 0 spiro atoms. The molecule has 0 fully saturated rings. The fourth-order valence-electron chi connectivity index (χ4n) is 1.79. The third-order valence-electron chi connectivity index (χ3n) is 2.78. The van der Waals surface area contributed by atoms with Crippen LogP contribution in [-0.4, -0.2) is 11.0 Å². The van der Waals surface area contributed by atoms with Crippen molar-refractivity contribution < 1.29 is 0 Å². The number of rotatable bonds is 3. The number of halogens is 1. The number of benzene rings is 1. The van der Waals surface area contributed by atoms with E-state index >= 15 is 0 Å². The van der Waals surface area contributed by atoms with E-state index in [-0.39, 0.29) is 18.4 Å². The Morgan fingerprint density at radius 2 is 2.12 bits per heavy atom. The molecule has 16 heavy (non-hydrogen) atoms. The molecule has 0 saturated carbocycles. The summed E-state index contributed by atoms with van der Waals surface area (Å²) in [5.41, 5.74) is 7.30. The van der Waals surface area contributed by atoms with E-state index in [0.717, 1.165) is 12.8 Å². The Morgan fingerprint density at radius 1 is 1.31 bits per heavy atom. The summed E-state index contributed by atoms with van der Waals surface area (Å²) in [5, 5.41) is 2.47. The molecule has 1 aromatic carbocycles. The molecule has 3 heteroatoms. The number of nitrogens with zero attached hydrogens (tertiary/aromatic N) is 1. The second-order valence-corrected chi connectivity index (χ2v) is 3.89. The van der Waals surface area contributed by atoms with Crippen LogP contribution in [0.15, 0.2) is 36.7 Å². The van der Waals surface area contributed by atoms with Crippen LogP contribution in [0, 0.1) is 0 Å². The highest BCUT2D eigenvalue weighted by Gasteiger charge is 2.04. The van der Waals surface area contributed by atoms with Gasteiger partial charge in [-0.15, -0.1) is 12.4 Å². The van der Waals surface area contributed by atoms with Crippen molar-refractivity contribution in [3.05, 3.63) is 42.2 Å². The molecule has 1 heterocycles. The molecular formula is C13H17ClN2. The van der Waals surface area contributed by atoms with Gasteiger partial charge in [0.1, 0.15) is 0 Å². The Hall–Kier alpha value is -1.12. The van der Waals surface area contributed by atoms with Gasteiger partial charge in [-0.2, -0.15) is 0 Å². The average Bonchev–Trinajstić information content (AvgIpc) is 2.29. The normalized spacial score (nSPS) is 12.1. The standard InChI is InChI=1S/C13H16N2.ClH/c1-2-12(14)8-10-4-3-5-11-9-15-7-6-13(10)11;/h3-7,9,12H,2,8,14H2,1H3;1H. The molecule has 0 aliphatic rings. The van der Waals surface area contributed by atoms with E-state index in [9.17, 15) is 0 Å². The zero-order chi connectivity index (χ0) is 10.7. The highest BCUT2D eigenvalue weighted by atomic mass is 35.5. The van der Waals surface area contributed by atoms with Gasteiger partial charge >= 0.3 is 0 Å². The molecule has 0 saturated heterocycles. The van der Waals surface area contributed by atoms with E-state index < -0.39 is 0 Å². The topological polar surface area (TPSA) is 38.9 Å². The molecule has 0 radical (unpaired) electrons. The summed E-state index contributed by atoms with van der Waals surface area (Å²) in [7, 11) is 0. The molecule has 1 aromatic heterocycles. The first-order chi connectivity index (χ1) is 7.31. The van der Waals surface area contributed by atoms with E-state index in [0.29, 0.717) is 0 Å². The minimum atomic E-state index is 0. The molecule has 0 aliphatic carbocycles. The molecule has 86 valence electrons. The van der Waals surface area contributed by atoms with Gasteiger partial charge in [-0.05, 0) is 29.9 Å². The van der Waals surface area contributed by atoms with Gasteiger partial charge in [-0.3, -0.25) is 4.98 Å². The second kappa shape index (κ2) is 5.83. The van der Waals surface area contributed by atoms with Crippen molar-refractivity contribution in [3.63, 3.8) is 0 Å². The van der Waals surface area contributed by atoms with Gasteiger partial charge in [0, 0.05) is 23.8 Å². The number of fused-ring (bicyclic) bond motifs is 1. The number of hydrogen-bond acceptors (Lipinski definition) is 2. The first kappa shape index (κ1) is 12.9. The number of aromatic nitrogens is 1. The Morgan fingerprint density at radius 3 is 2.88 bits per heavy atom. The van der Waals surface area contributed by atoms with Crippen molar-refractivity contribution >= 4 is 23.2 Å². The number of pyridine rings is 1. The second-order valence-electron chi connectivity index (χ2n) is 3.89. The van der Waals surface area contributed by atoms with Crippen LogP contribution in [0.25, 0.3) is 10.8 Å². The lowest BCUT2D eigenvalue weighted by Crippen LogP contribution is -2.21. The van der Waals surface area contributed by atoms with Crippen LogP contribution in [0.2, 0.25) is 0 Å². The molecule has 1 atom stereocenters. The summed E-state index contributed by atoms with van der Waals surface area (Å²) in [6.07, 6.45) is 5.69. The molecule has 2 N–H and O–H groups in total. The maximum atomic E-state index is 5.98. The third kappa shape index (κ3) is 2.71. The van der Waals surface area contributed by atoms with Crippen LogP contribution in [0.4, 0.5) is 0 Å². The van der Waals surface area contributed by atoms with Gasteiger partial charge in [-0.1, -0.05) is 25.1 Å². The van der Waals surface area contributed by atoms with Gasteiger partial charge in [0.2, 0.25) is 0 Å². The molecule has 2 aromatic rings. The molecular weight excluding hydrogens is 220 g/mol. The summed E-state index contributed by atoms with van der Waals surface area (Å²) in [6, 6.07) is 8.62. The lowest BCUT2D eigenvalue weighted by Gasteiger charge is -2.10. The molecule has 2 nitrogen and oxygen atoms in total. The Bertz CT molecular complexity index is 451. The van der Waals surface area contributed by atoms with Crippen LogP contribution in [0.5, 0.6) is 0 Å². The summed E-state index contributed by atoms with van der Waals surface area (Å²) in [4.78, 5) is 4.12. The minimum Gasteiger partial charge on any atom is -0.327 e. The quantitative estimate of drug-likeness (QED) is 0.890. The minimum absolute atomic E-state index is 0. The Kier molecular flexibility index (Phi) is 4.71. The molecule has 2 rings (SSSR count). The third-order valence-corrected chi connectivity index (χ3v) is 2.78. The van der Waals surface area contributed by atoms with Crippen molar-refractivity contribution in [3.8, 4) is 0 Å². The van der Waals surface area contributed by atoms with Gasteiger partial charge in [0.05, 0.1) is 0 Å². The zero-order valence-electron chi connectivity index (χ0n) is 9.39. The Labute approximate surface area is 102 Å². The average molecular weight is 237 g/mol. The molecule has 0 aliphatic heterocycles. The van der Waals surface area contributed by atoms with E-state index in [2.05, 4.69) is 36.2 Å². The predicted molar refractivity (Wildman–Crippen MR) is 71.0 cm³/mol. The van der Waals surface area contributed by atoms with Gasteiger partial charge < -0.3 is 5.73 Å². The first-order valence-corrected chi connectivity index (χ1v) is 5.38. The summed E-state index contributed by atoms with van der Waals surface area (Å²) >= 11 is 0. The largest absolute Gasteiger partial charge is 0.327 e. The van der Waals surface area contributed by atoms with Crippen LogP contribution >= 0.6 is 12.4 Å². The lowest BCUT2D eigenvalue weighted by atomic mass is 9.99. The van der Waals surface area contributed by atoms with E-state index in [1.165, 1.54) is 16.3 Å². The lowest BCUT2D eigenvalue weighted by molar-refractivity contribution is 0.649. The van der Waals surface area contributed by atoms with Crippen molar-refractivity contribution in [2.45, 2.75) is 25.8 Å².